The van der Waals surface area contributed by atoms with Crippen LogP contribution in [-0.4, -0.2) is 54.6 Å². The van der Waals surface area contributed by atoms with E-state index in [0.717, 1.165) is 24.4 Å². The number of nitrogens with zero attached hydrogens (tertiary/aromatic N) is 2. The second-order valence-electron chi connectivity index (χ2n) is 7.30. The summed E-state index contributed by atoms with van der Waals surface area (Å²) in [5.41, 5.74) is 6.58. The Balaban J connectivity index is 1.81. The topological polar surface area (TPSA) is 32.5 Å². The summed E-state index contributed by atoms with van der Waals surface area (Å²) in [5, 5.41) is 0. The molecule has 3 atom stereocenters. The van der Waals surface area contributed by atoms with Crippen LogP contribution in [0.2, 0.25) is 0 Å². The number of fused-ring (bicyclic) bond motifs is 3. The minimum atomic E-state index is 0.271. The minimum Gasteiger partial charge on any atom is -0.329 e. The summed E-state index contributed by atoms with van der Waals surface area (Å²) < 4.78 is 0. The van der Waals surface area contributed by atoms with E-state index in [4.69, 9.17) is 5.73 Å². The Morgan fingerprint density at radius 1 is 1.16 bits per heavy atom. The number of piperidine rings is 3. The van der Waals surface area contributed by atoms with Crippen molar-refractivity contribution in [3.8, 4) is 0 Å². The van der Waals surface area contributed by atoms with E-state index in [1.165, 1.54) is 58.2 Å². The van der Waals surface area contributed by atoms with Crippen molar-refractivity contribution in [1.29, 1.82) is 0 Å². The van der Waals surface area contributed by atoms with Gasteiger partial charge in [0, 0.05) is 24.7 Å². The van der Waals surface area contributed by atoms with Crippen LogP contribution >= 0.6 is 0 Å². The van der Waals surface area contributed by atoms with E-state index < -0.39 is 0 Å². The van der Waals surface area contributed by atoms with Gasteiger partial charge in [-0.1, -0.05) is 19.8 Å². The molecule has 3 heterocycles. The maximum absolute atomic E-state index is 6.31. The lowest BCUT2D eigenvalue weighted by atomic mass is 9.70. The molecule has 0 radical (unpaired) electrons. The lowest BCUT2D eigenvalue weighted by Gasteiger charge is -2.59. The first-order valence-corrected chi connectivity index (χ1v) is 8.33. The van der Waals surface area contributed by atoms with E-state index in [2.05, 4.69) is 23.8 Å². The van der Waals surface area contributed by atoms with Crippen LogP contribution in [0, 0.1) is 11.8 Å². The number of likely N-dealkylation sites (N-methyl/N-ethyl adjacent to an activating group) is 1. The molecule has 3 nitrogen and oxygen atoms in total. The van der Waals surface area contributed by atoms with Gasteiger partial charge in [0.1, 0.15) is 0 Å². The number of hydrogen-bond donors (Lipinski definition) is 1. The summed E-state index contributed by atoms with van der Waals surface area (Å²) in [6, 6.07) is 0.762. The SMILES string of the molecule is CC1CCCCC1N(C)C1(CN)CN2CCC1CC2. The van der Waals surface area contributed by atoms with E-state index in [9.17, 15) is 0 Å². The summed E-state index contributed by atoms with van der Waals surface area (Å²) in [4.78, 5) is 5.38. The Morgan fingerprint density at radius 3 is 2.37 bits per heavy atom. The van der Waals surface area contributed by atoms with Crippen molar-refractivity contribution in [3.05, 3.63) is 0 Å². The van der Waals surface area contributed by atoms with E-state index in [1.807, 2.05) is 0 Å². The summed E-state index contributed by atoms with van der Waals surface area (Å²) in [7, 11) is 2.38. The van der Waals surface area contributed by atoms with Gasteiger partial charge in [0.15, 0.2) is 0 Å². The summed E-state index contributed by atoms with van der Waals surface area (Å²) >= 11 is 0. The third-order valence-corrected chi connectivity index (χ3v) is 6.46. The molecule has 2 N–H and O–H groups in total. The third kappa shape index (κ3) is 2.24. The smallest absolute Gasteiger partial charge is 0.0487 e. The van der Waals surface area contributed by atoms with Crippen LogP contribution in [0.5, 0.6) is 0 Å². The Bertz CT molecular complexity index is 311. The van der Waals surface area contributed by atoms with Crippen LogP contribution in [0.3, 0.4) is 0 Å². The monoisotopic (exact) mass is 265 g/mol. The quantitative estimate of drug-likeness (QED) is 0.846. The van der Waals surface area contributed by atoms with Crippen molar-refractivity contribution in [2.24, 2.45) is 17.6 Å². The number of rotatable bonds is 3. The predicted octanol–water partition coefficient (Wildman–Crippen LogP) is 1.92. The predicted molar refractivity (Wildman–Crippen MR) is 80.1 cm³/mol. The fourth-order valence-electron chi connectivity index (χ4n) is 5.12. The standard InChI is InChI=1S/C16H31N3/c1-13-5-3-4-6-15(13)18(2)16(11-17)12-19-9-7-14(16)8-10-19/h13-15H,3-12,17H2,1-2H3. The molecule has 3 aliphatic heterocycles. The zero-order valence-electron chi connectivity index (χ0n) is 12.8. The highest BCUT2D eigenvalue weighted by Gasteiger charge is 2.50. The van der Waals surface area contributed by atoms with Crippen LogP contribution in [0.1, 0.15) is 45.4 Å². The highest BCUT2D eigenvalue weighted by Crippen LogP contribution is 2.42. The highest BCUT2D eigenvalue weighted by atomic mass is 15.3. The first-order valence-electron chi connectivity index (χ1n) is 8.33. The fraction of sp³-hybridized carbons (Fsp3) is 1.00. The minimum absolute atomic E-state index is 0.271. The van der Waals surface area contributed by atoms with Gasteiger partial charge in [-0.2, -0.15) is 0 Å². The molecule has 19 heavy (non-hydrogen) atoms. The summed E-state index contributed by atoms with van der Waals surface area (Å²) in [6.07, 6.45) is 8.35. The molecule has 0 amide bonds. The van der Waals surface area contributed by atoms with Crippen molar-refractivity contribution < 1.29 is 0 Å². The van der Waals surface area contributed by atoms with E-state index in [-0.39, 0.29) is 5.54 Å². The summed E-state index contributed by atoms with van der Waals surface area (Å²) in [5.74, 6) is 1.68. The molecular formula is C16H31N3. The van der Waals surface area contributed by atoms with Crippen LogP contribution < -0.4 is 5.73 Å². The molecule has 1 saturated carbocycles. The van der Waals surface area contributed by atoms with Crippen molar-refractivity contribution in [2.45, 2.75) is 57.0 Å². The van der Waals surface area contributed by atoms with Crippen molar-refractivity contribution >= 4 is 0 Å². The van der Waals surface area contributed by atoms with E-state index in [0.29, 0.717) is 0 Å². The zero-order valence-corrected chi connectivity index (χ0v) is 12.8. The Morgan fingerprint density at radius 2 is 1.84 bits per heavy atom. The van der Waals surface area contributed by atoms with Crippen LogP contribution in [-0.2, 0) is 0 Å². The van der Waals surface area contributed by atoms with Gasteiger partial charge in [0.25, 0.3) is 0 Å². The van der Waals surface area contributed by atoms with Gasteiger partial charge in [-0.15, -0.1) is 0 Å². The molecule has 4 aliphatic rings. The first-order chi connectivity index (χ1) is 9.17. The third-order valence-electron chi connectivity index (χ3n) is 6.46. The van der Waals surface area contributed by atoms with Crippen LogP contribution in [0.15, 0.2) is 0 Å². The maximum Gasteiger partial charge on any atom is 0.0487 e. The molecule has 4 fully saturated rings. The second kappa shape index (κ2) is 5.34. The van der Waals surface area contributed by atoms with E-state index in [1.54, 1.807) is 0 Å². The Labute approximate surface area is 118 Å². The largest absolute Gasteiger partial charge is 0.329 e. The van der Waals surface area contributed by atoms with Crippen molar-refractivity contribution in [2.75, 3.05) is 33.2 Å². The average molecular weight is 265 g/mol. The second-order valence-corrected chi connectivity index (χ2v) is 7.30. The number of hydrogen-bond acceptors (Lipinski definition) is 3. The Kier molecular flexibility index (Phi) is 3.89. The molecule has 1 aliphatic carbocycles. The van der Waals surface area contributed by atoms with Crippen LogP contribution in [0.4, 0.5) is 0 Å². The number of nitrogens with two attached hydrogens (primary N) is 1. The van der Waals surface area contributed by atoms with Gasteiger partial charge >= 0.3 is 0 Å². The van der Waals surface area contributed by atoms with Gasteiger partial charge < -0.3 is 10.6 Å². The highest BCUT2D eigenvalue weighted by molar-refractivity contribution is 5.07. The van der Waals surface area contributed by atoms with Gasteiger partial charge in [-0.05, 0) is 57.7 Å². The molecule has 0 aromatic heterocycles. The molecule has 3 heteroatoms. The first kappa shape index (κ1) is 13.8. The molecule has 2 bridgehead atoms. The molecule has 110 valence electrons. The Hall–Kier alpha value is -0.120. The van der Waals surface area contributed by atoms with Crippen LogP contribution in [0.25, 0.3) is 0 Å². The molecular weight excluding hydrogens is 234 g/mol. The van der Waals surface area contributed by atoms with Gasteiger partial charge in [0.2, 0.25) is 0 Å². The van der Waals surface area contributed by atoms with E-state index >= 15 is 0 Å². The maximum atomic E-state index is 6.31. The van der Waals surface area contributed by atoms with Gasteiger partial charge in [-0.25, -0.2) is 0 Å². The lowest BCUT2D eigenvalue weighted by molar-refractivity contribution is -0.0864. The van der Waals surface area contributed by atoms with Crippen molar-refractivity contribution in [3.63, 3.8) is 0 Å². The zero-order chi connectivity index (χ0) is 13.5. The van der Waals surface area contributed by atoms with Crippen molar-refractivity contribution in [1.82, 2.24) is 9.80 Å². The molecule has 3 saturated heterocycles. The lowest BCUT2D eigenvalue weighted by Crippen LogP contribution is -2.71. The molecule has 4 rings (SSSR count). The fourth-order valence-corrected chi connectivity index (χ4v) is 5.12. The molecule has 0 aromatic rings. The van der Waals surface area contributed by atoms with Gasteiger partial charge in [-0.3, -0.25) is 4.90 Å². The summed E-state index contributed by atoms with van der Waals surface area (Å²) in [6.45, 7) is 7.12. The molecule has 3 unspecified atom stereocenters. The van der Waals surface area contributed by atoms with Gasteiger partial charge in [0.05, 0.1) is 0 Å². The normalized spacial score (nSPS) is 46.7. The molecule has 0 aromatic carbocycles. The average Bonchev–Trinajstić information content (AvgIpc) is 2.48. The molecule has 0 spiro atoms.